The maximum atomic E-state index is 4.58. The van der Waals surface area contributed by atoms with E-state index < -0.39 is 0 Å². The Labute approximate surface area is 192 Å². The highest BCUT2D eigenvalue weighted by Crippen LogP contribution is 2.54. The summed E-state index contributed by atoms with van der Waals surface area (Å²) in [6.07, 6.45) is 12.2. The van der Waals surface area contributed by atoms with Gasteiger partial charge in [-0.15, -0.1) is 0 Å². The minimum absolute atomic E-state index is 0.0597. The van der Waals surface area contributed by atoms with Crippen LogP contribution in [0.1, 0.15) is 91.2 Å². The van der Waals surface area contributed by atoms with Crippen molar-refractivity contribution in [3.05, 3.63) is 77.5 Å². The van der Waals surface area contributed by atoms with Gasteiger partial charge in [-0.2, -0.15) is 0 Å². The fourth-order valence-electron chi connectivity index (χ4n) is 5.14. The lowest BCUT2D eigenvalue weighted by molar-refractivity contribution is 0.151. The normalized spacial score (nSPS) is 21.7. The molecule has 1 heteroatoms. The third-order valence-electron chi connectivity index (χ3n) is 6.90. The Hall–Kier alpha value is -2.02. The number of nitrogens with one attached hydrogen (secondary N) is 1. The molecule has 1 N–H and O–H groups in total. The molecule has 0 aromatic heterocycles. The Morgan fingerprint density at radius 3 is 2.52 bits per heavy atom. The van der Waals surface area contributed by atoms with Crippen molar-refractivity contribution >= 4 is 5.70 Å². The Morgan fingerprint density at radius 1 is 1.19 bits per heavy atom. The van der Waals surface area contributed by atoms with Crippen molar-refractivity contribution < 1.29 is 0 Å². The van der Waals surface area contributed by atoms with Crippen molar-refractivity contribution in [2.45, 2.75) is 87.0 Å². The number of allylic oxidation sites excluding steroid dienone is 5. The number of benzene rings is 1. The molecule has 1 nitrogen and oxygen atoms in total. The van der Waals surface area contributed by atoms with E-state index in [1.54, 1.807) is 0 Å². The van der Waals surface area contributed by atoms with Gasteiger partial charge in [-0.1, -0.05) is 102 Å². The second kappa shape index (κ2) is 10.5. The van der Waals surface area contributed by atoms with E-state index in [1.807, 2.05) is 0 Å². The predicted octanol–water partition coefficient (Wildman–Crippen LogP) is 8.98. The summed E-state index contributed by atoms with van der Waals surface area (Å²) >= 11 is 0. The molecule has 0 heterocycles. The van der Waals surface area contributed by atoms with E-state index >= 15 is 0 Å². The molecule has 1 aliphatic carbocycles. The van der Waals surface area contributed by atoms with E-state index in [9.17, 15) is 0 Å². The fraction of sp³-hybridized carbons (Fsp3) is 0.533. The molecular formula is C30H45N. The van der Waals surface area contributed by atoms with Gasteiger partial charge >= 0.3 is 0 Å². The molecule has 0 spiro atoms. The first-order valence-corrected chi connectivity index (χ1v) is 12.1. The quantitative estimate of drug-likeness (QED) is 0.295. The van der Waals surface area contributed by atoms with Crippen molar-refractivity contribution in [1.29, 1.82) is 0 Å². The summed E-state index contributed by atoms with van der Waals surface area (Å²) in [4.78, 5) is 0. The van der Waals surface area contributed by atoms with E-state index in [4.69, 9.17) is 0 Å². The van der Waals surface area contributed by atoms with Crippen LogP contribution >= 0.6 is 0 Å². The second-order valence-corrected chi connectivity index (χ2v) is 10.8. The van der Waals surface area contributed by atoms with E-state index in [0.717, 1.165) is 29.8 Å². The molecule has 31 heavy (non-hydrogen) atoms. The highest BCUT2D eigenvalue weighted by molar-refractivity contribution is 5.63. The largest absolute Gasteiger partial charge is 0.359 e. The van der Waals surface area contributed by atoms with Crippen LogP contribution in [0.5, 0.6) is 0 Å². The third-order valence-corrected chi connectivity index (χ3v) is 6.90. The van der Waals surface area contributed by atoms with Gasteiger partial charge in [0.1, 0.15) is 0 Å². The van der Waals surface area contributed by atoms with Crippen molar-refractivity contribution in [2.24, 2.45) is 16.7 Å². The molecule has 0 saturated carbocycles. The molecule has 170 valence electrons. The molecule has 1 aromatic rings. The molecule has 2 rings (SSSR count). The summed E-state index contributed by atoms with van der Waals surface area (Å²) in [5, 5.41) is 3.51. The van der Waals surface area contributed by atoms with E-state index in [2.05, 4.69) is 103 Å². The van der Waals surface area contributed by atoms with Gasteiger partial charge in [0.15, 0.2) is 0 Å². The van der Waals surface area contributed by atoms with Crippen molar-refractivity contribution in [3.8, 4) is 0 Å². The first-order valence-electron chi connectivity index (χ1n) is 12.1. The number of hydrogen-bond donors (Lipinski definition) is 1. The minimum Gasteiger partial charge on any atom is -0.359 e. The molecule has 2 atom stereocenters. The van der Waals surface area contributed by atoms with E-state index in [0.29, 0.717) is 5.92 Å². The van der Waals surface area contributed by atoms with Gasteiger partial charge in [-0.3, -0.25) is 0 Å². The van der Waals surface area contributed by atoms with Gasteiger partial charge in [0.05, 0.1) is 0 Å². The van der Waals surface area contributed by atoms with Gasteiger partial charge in [0.2, 0.25) is 0 Å². The smallest absolute Gasteiger partial charge is 0.0382 e. The van der Waals surface area contributed by atoms with Crippen LogP contribution < -0.4 is 5.32 Å². The molecule has 0 radical (unpaired) electrons. The monoisotopic (exact) mass is 419 g/mol. The number of unbranched alkanes of at least 4 members (excludes halogenated alkanes) is 3. The van der Waals surface area contributed by atoms with Gasteiger partial charge in [-0.05, 0) is 67.7 Å². The Balaban J connectivity index is 2.18. The molecule has 0 bridgehead atoms. The van der Waals surface area contributed by atoms with Crippen LogP contribution in [0.2, 0.25) is 0 Å². The summed E-state index contributed by atoms with van der Waals surface area (Å²) in [5.41, 5.74) is 7.60. The first kappa shape index (κ1) is 25.2. The molecule has 1 aromatic carbocycles. The standard InChI is InChI=1S/C30H45N/c1-10-11-12-13-16-23(3)30(9)21-26(20-28(30)29(6,7)8)19-24(4)31-25(5)27-17-14-15-22(2)18-27/h14-15,17-19,21,28,31H,3,5,10-13,16,20H2,1-2,4,6-9H3/b24-19+. The third kappa shape index (κ3) is 6.73. The van der Waals surface area contributed by atoms with E-state index in [1.165, 1.54) is 42.4 Å². The van der Waals surface area contributed by atoms with Crippen LogP contribution in [0, 0.1) is 23.7 Å². The molecule has 0 amide bonds. The van der Waals surface area contributed by atoms with Crippen molar-refractivity contribution in [3.63, 3.8) is 0 Å². The van der Waals surface area contributed by atoms with Gasteiger partial charge < -0.3 is 5.32 Å². The molecule has 0 saturated heterocycles. The maximum absolute atomic E-state index is 4.58. The van der Waals surface area contributed by atoms with Crippen LogP contribution in [-0.4, -0.2) is 0 Å². The minimum atomic E-state index is 0.0597. The van der Waals surface area contributed by atoms with Crippen LogP contribution in [-0.2, 0) is 0 Å². The number of hydrogen-bond acceptors (Lipinski definition) is 1. The second-order valence-electron chi connectivity index (χ2n) is 10.8. The molecule has 2 unspecified atom stereocenters. The lowest BCUT2D eigenvalue weighted by Gasteiger charge is -2.41. The summed E-state index contributed by atoms with van der Waals surface area (Å²) in [5.74, 6) is 0.567. The summed E-state index contributed by atoms with van der Waals surface area (Å²) in [7, 11) is 0. The molecule has 0 fully saturated rings. The number of aryl methyl sites for hydroxylation is 1. The number of rotatable bonds is 10. The first-order chi connectivity index (χ1) is 14.5. The topological polar surface area (TPSA) is 12.0 Å². The average molecular weight is 420 g/mol. The Kier molecular flexibility index (Phi) is 8.57. The lowest BCUT2D eigenvalue weighted by Crippen LogP contribution is -2.33. The molecule has 0 aliphatic heterocycles. The van der Waals surface area contributed by atoms with E-state index in [-0.39, 0.29) is 10.8 Å². The zero-order valence-corrected chi connectivity index (χ0v) is 21.2. The highest BCUT2D eigenvalue weighted by atomic mass is 14.9. The van der Waals surface area contributed by atoms with Crippen LogP contribution in [0.15, 0.2) is 66.4 Å². The molecular weight excluding hydrogens is 374 g/mol. The summed E-state index contributed by atoms with van der Waals surface area (Å²) < 4.78 is 0. The van der Waals surface area contributed by atoms with Crippen LogP contribution in [0.4, 0.5) is 0 Å². The Morgan fingerprint density at radius 2 is 1.90 bits per heavy atom. The van der Waals surface area contributed by atoms with Crippen molar-refractivity contribution in [2.75, 3.05) is 0 Å². The zero-order chi connectivity index (χ0) is 23.2. The predicted molar refractivity (Wildman–Crippen MR) is 139 cm³/mol. The van der Waals surface area contributed by atoms with Crippen LogP contribution in [0.25, 0.3) is 5.70 Å². The SMILES string of the molecule is C=C(N/C(C)=C/C1=CC(C)(C(=C)CCCCCC)C(C(C)(C)C)C1)c1cccc(C)c1. The molecule has 1 aliphatic rings. The maximum Gasteiger partial charge on any atom is 0.0382 e. The van der Waals surface area contributed by atoms with Gasteiger partial charge in [0.25, 0.3) is 0 Å². The van der Waals surface area contributed by atoms with Gasteiger partial charge in [-0.25, -0.2) is 0 Å². The fourth-order valence-corrected chi connectivity index (χ4v) is 5.14. The van der Waals surface area contributed by atoms with Gasteiger partial charge in [0, 0.05) is 16.8 Å². The zero-order valence-electron chi connectivity index (χ0n) is 21.2. The summed E-state index contributed by atoms with van der Waals surface area (Å²) in [6, 6.07) is 8.49. The summed E-state index contributed by atoms with van der Waals surface area (Å²) in [6.45, 7) is 24.9. The Bertz CT molecular complexity index is 845. The van der Waals surface area contributed by atoms with Crippen molar-refractivity contribution in [1.82, 2.24) is 5.32 Å². The van der Waals surface area contributed by atoms with Crippen LogP contribution in [0.3, 0.4) is 0 Å². The average Bonchev–Trinajstić information content (AvgIpc) is 3.02. The lowest BCUT2D eigenvalue weighted by atomic mass is 9.63. The highest BCUT2D eigenvalue weighted by Gasteiger charge is 2.45.